The van der Waals surface area contributed by atoms with Crippen molar-refractivity contribution in [1.82, 2.24) is 34.1 Å². The molecule has 0 saturated carbocycles. The molecule has 8 nitrogen and oxygen atoms in total. The quantitative estimate of drug-likeness (QED) is 0.546. The zero-order valence-corrected chi connectivity index (χ0v) is 14.3. The second kappa shape index (κ2) is 6.60. The number of hydrogen-bond acceptors (Lipinski definition) is 6. The Morgan fingerprint density at radius 2 is 2.08 bits per heavy atom. The average Bonchev–Trinajstić information content (AvgIpc) is 3.23. The molecular weight excluding hydrogens is 337 g/mol. The number of imidazole rings is 1. The summed E-state index contributed by atoms with van der Waals surface area (Å²) in [5.74, 6) is 0.666. The van der Waals surface area contributed by atoms with Crippen LogP contribution in [0.1, 0.15) is 17.1 Å². The maximum Gasteiger partial charge on any atom is 0.164 e. The highest BCUT2D eigenvalue weighted by molar-refractivity contribution is 5.52. The summed E-state index contributed by atoms with van der Waals surface area (Å²) in [5.41, 5.74) is 2.48. The van der Waals surface area contributed by atoms with E-state index in [9.17, 15) is 4.39 Å². The van der Waals surface area contributed by atoms with Gasteiger partial charge in [-0.2, -0.15) is 5.10 Å². The average molecular weight is 353 g/mol. The number of hydrogen-bond donors (Lipinski definition) is 0. The Hall–Kier alpha value is -3.20. The number of methoxy groups -OCH3 is 1. The normalized spacial score (nSPS) is 11.3. The van der Waals surface area contributed by atoms with Crippen LogP contribution in [-0.2, 0) is 17.9 Å². The van der Waals surface area contributed by atoms with Gasteiger partial charge in [-0.15, -0.1) is 0 Å². The van der Waals surface area contributed by atoms with Gasteiger partial charge in [0.15, 0.2) is 17.3 Å². The maximum absolute atomic E-state index is 14.1. The van der Waals surface area contributed by atoms with Crippen LogP contribution >= 0.6 is 0 Å². The van der Waals surface area contributed by atoms with Crippen LogP contribution < -0.4 is 0 Å². The van der Waals surface area contributed by atoms with E-state index in [0.717, 1.165) is 11.3 Å². The molecular formula is C17H16FN7O. The number of ether oxygens (including phenoxy) is 1. The van der Waals surface area contributed by atoms with E-state index >= 15 is 0 Å². The van der Waals surface area contributed by atoms with Crippen LogP contribution in [0.2, 0.25) is 0 Å². The predicted octanol–water partition coefficient (Wildman–Crippen LogP) is 2.03. The van der Waals surface area contributed by atoms with Gasteiger partial charge < -0.3 is 9.30 Å². The summed E-state index contributed by atoms with van der Waals surface area (Å²) in [6.45, 7) is 2.54. The summed E-state index contributed by atoms with van der Waals surface area (Å²) >= 11 is 0. The number of halogens is 1. The molecule has 0 radical (unpaired) electrons. The minimum absolute atomic E-state index is 0.199. The molecule has 0 aromatic carbocycles. The standard InChI is InChI=1S/C17H16FN7O/c1-11-22-16-12(9-26-2)14(21-10-25(16)23-11)8-24-7-6-20-17(24)15-13(18)4-3-5-19-15/h3-7,10H,8-9H2,1-2H3. The summed E-state index contributed by atoms with van der Waals surface area (Å²) in [4.78, 5) is 17.3. The zero-order valence-electron chi connectivity index (χ0n) is 14.3. The van der Waals surface area contributed by atoms with Crippen molar-refractivity contribution in [3.05, 3.63) is 59.9 Å². The highest BCUT2D eigenvalue weighted by Gasteiger charge is 2.17. The third-order valence-electron chi connectivity index (χ3n) is 3.97. The molecule has 132 valence electrons. The Labute approximate surface area is 148 Å². The molecule has 0 aliphatic carbocycles. The third kappa shape index (κ3) is 2.82. The van der Waals surface area contributed by atoms with Gasteiger partial charge in [0.2, 0.25) is 0 Å². The van der Waals surface area contributed by atoms with Crippen LogP contribution in [0.5, 0.6) is 0 Å². The SMILES string of the molecule is COCc1c(Cn2ccnc2-c2ncccc2F)ncn2nc(C)nc12. The first-order chi connectivity index (χ1) is 12.7. The van der Waals surface area contributed by atoms with Crippen molar-refractivity contribution < 1.29 is 9.13 Å². The fourth-order valence-corrected chi connectivity index (χ4v) is 2.84. The van der Waals surface area contributed by atoms with Crippen LogP contribution in [0.3, 0.4) is 0 Å². The van der Waals surface area contributed by atoms with E-state index in [1.54, 1.807) is 41.0 Å². The minimum atomic E-state index is -0.423. The number of aromatic nitrogens is 7. The lowest BCUT2D eigenvalue weighted by molar-refractivity contribution is 0.184. The lowest BCUT2D eigenvalue weighted by Crippen LogP contribution is -2.10. The van der Waals surface area contributed by atoms with Crippen LogP contribution in [0.4, 0.5) is 4.39 Å². The van der Waals surface area contributed by atoms with Crippen molar-refractivity contribution >= 4 is 5.65 Å². The largest absolute Gasteiger partial charge is 0.380 e. The molecule has 4 rings (SSSR count). The molecule has 9 heteroatoms. The highest BCUT2D eigenvalue weighted by Crippen LogP contribution is 2.21. The van der Waals surface area contributed by atoms with Gasteiger partial charge in [0.1, 0.15) is 17.8 Å². The van der Waals surface area contributed by atoms with Crippen molar-refractivity contribution in [2.24, 2.45) is 0 Å². The molecule has 0 spiro atoms. The molecule has 4 aromatic heterocycles. The number of aryl methyl sites for hydroxylation is 1. The van der Waals surface area contributed by atoms with Gasteiger partial charge in [0, 0.05) is 31.3 Å². The smallest absolute Gasteiger partial charge is 0.164 e. The van der Waals surface area contributed by atoms with E-state index in [1.807, 2.05) is 6.92 Å². The lowest BCUT2D eigenvalue weighted by Gasteiger charge is -2.11. The molecule has 0 aliphatic rings. The minimum Gasteiger partial charge on any atom is -0.380 e. The van der Waals surface area contributed by atoms with E-state index in [2.05, 4.69) is 25.0 Å². The van der Waals surface area contributed by atoms with Crippen LogP contribution in [0, 0.1) is 12.7 Å². The summed E-state index contributed by atoms with van der Waals surface area (Å²) in [6, 6.07) is 2.91. The Morgan fingerprint density at radius 1 is 1.19 bits per heavy atom. The van der Waals surface area contributed by atoms with Gasteiger partial charge in [-0.3, -0.25) is 0 Å². The van der Waals surface area contributed by atoms with Gasteiger partial charge in [0.25, 0.3) is 0 Å². The molecule has 0 aliphatic heterocycles. The first-order valence-electron chi connectivity index (χ1n) is 7.98. The Balaban J connectivity index is 1.78. The van der Waals surface area contributed by atoms with E-state index in [1.165, 1.54) is 12.3 Å². The molecule has 4 heterocycles. The van der Waals surface area contributed by atoms with Gasteiger partial charge >= 0.3 is 0 Å². The molecule has 26 heavy (non-hydrogen) atoms. The summed E-state index contributed by atoms with van der Waals surface area (Å²) in [5, 5.41) is 4.28. The number of pyridine rings is 1. The molecule has 0 atom stereocenters. The van der Waals surface area contributed by atoms with Crippen molar-refractivity contribution in [1.29, 1.82) is 0 Å². The monoisotopic (exact) mass is 353 g/mol. The van der Waals surface area contributed by atoms with Gasteiger partial charge in [-0.25, -0.2) is 28.8 Å². The van der Waals surface area contributed by atoms with E-state index < -0.39 is 5.82 Å². The fourth-order valence-electron chi connectivity index (χ4n) is 2.84. The van der Waals surface area contributed by atoms with Crippen LogP contribution in [-0.4, -0.2) is 41.2 Å². The topological polar surface area (TPSA) is 83.0 Å². The third-order valence-corrected chi connectivity index (χ3v) is 3.97. The van der Waals surface area contributed by atoms with E-state index in [-0.39, 0.29) is 5.69 Å². The van der Waals surface area contributed by atoms with Gasteiger partial charge in [0.05, 0.1) is 18.8 Å². The van der Waals surface area contributed by atoms with E-state index in [4.69, 9.17) is 4.74 Å². The summed E-state index contributed by atoms with van der Waals surface area (Å²) < 4.78 is 22.9. The summed E-state index contributed by atoms with van der Waals surface area (Å²) in [6.07, 6.45) is 6.53. The molecule has 0 amide bonds. The Morgan fingerprint density at radius 3 is 2.88 bits per heavy atom. The van der Waals surface area contributed by atoms with Crippen molar-refractivity contribution in [2.45, 2.75) is 20.1 Å². The molecule has 4 aromatic rings. The Kier molecular flexibility index (Phi) is 4.13. The van der Waals surface area contributed by atoms with Crippen molar-refractivity contribution in [3.63, 3.8) is 0 Å². The first-order valence-corrected chi connectivity index (χ1v) is 7.98. The maximum atomic E-state index is 14.1. The van der Waals surface area contributed by atoms with Crippen LogP contribution in [0.15, 0.2) is 37.1 Å². The second-order valence-electron chi connectivity index (χ2n) is 5.74. The van der Waals surface area contributed by atoms with Crippen LogP contribution in [0.25, 0.3) is 17.2 Å². The highest BCUT2D eigenvalue weighted by atomic mass is 19.1. The number of rotatable bonds is 5. The van der Waals surface area contributed by atoms with Gasteiger partial charge in [-0.1, -0.05) is 0 Å². The molecule has 0 saturated heterocycles. The molecule has 0 unspecified atom stereocenters. The first kappa shape index (κ1) is 16.3. The number of nitrogens with zero attached hydrogens (tertiary/aromatic N) is 7. The molecule has 0 bridgehead atoms. The fraction of sp³-hybridized carbons (Fsp3) is 0.235. The summed E-state index contributed by atoms with van der Waals surface area (Å²) in [7, 11) is 1.61. The zero-order chi connectivity index (χ0) is 18.1. The number of fused-ring (bicyclic) bond motifs is 1. The van der Waals surface area contributed by atoms with Crippen molar-refractivity contribution in [2.75, 3.05) is 7.11 Å². The van der Waals surface area contributed by atoms with Gasteiger partial charge in [-0.05, 0) is 19.1 Å². The molecule has 0 fully saturated rings. The predicted molar refractivity (Wildman–Crippen MR) is 90.8 cm³/mol. The lowest BCUT2D eigenvalue weighted by atomic mass is 10.2. The second-order valence-corrected chi connectivity index (χ2v) is 5.74. The van der Waals surface area contributed by atoms with Crippen molar-refractivity contribution in [3.8, 4) is 11.5 Å². The van der Waals surface area contributed by atoms with E-state index in [0.29, 0.717) is 30.4 Å². The Bertz CT molecular complexity index is 1070. The molecule has 0 N–H and O–H groups in total.